The number of hydrogen-bond donors (Lipinski definition) is 2. The zero-order valence-electron chi connectivity index (χ0n) is 26.0. The van der Waals surface area contributed by atoms with Crippen molar-refractivity contribution >= 4 is 11.8 Å². The first-order chi connectivity index (χ1) is 22.8. The van der Waals surface area contributed by atoms with Gasteiger partial charge in [0.15, 0.2) is 0 Å². The number of pyridine rings is 2. The van der Waals surface area contributed by atoms with Crippen molar-refractivity contribution in [3.05, 3.63) is 143 Å². The van der Waals surface area contributed by atoms with Crippen molar-refractivity contribution in [2.45, 2.75) is 43.9 Å². The average molecular weight is 629 g/mol. The second-order valence-electron chi connectivity index (χ2n) is 12.0. The van der Waals surface area contributed by atoms with Gasteiger partial charge in [-0.2, -0.15) is 0 Å². The number of carbonyl (C=O) groups is 2. The molecule has 0 saturated heterocycles. The lowest BCUT2D eigenvalue weighted by Crippen LogP contribution is -2.35. The zero-order valence-corrected chi connectivity index (χ0v) is 26.0. The fourth-order valence-electron chi connectivity index (χ4n) is 6.22. The number of amides is 2. The van der Waals surface area contributed by atoms with Crippen molar-refractivity contribution in [1.82, 2.24) is 20.6 Å². The SMILES string of the molecule is CNC(=O)C1c2cc(-c3cc(C(=O)NC4(c5ccccn5)CC4)c(OCc4cccnc4)cc3C)ccc2OC1c1ccc(F)cc1. The number of hydrogen-bond acceptors (Lipinski definition) is 6. The third kappa shape index (κ3) is 5.92. The quantitative estimate of drug-likeness (QED) is 0.192. The van der Waals surface area contributed by atoms with Gasteiger partial charge in [0.25, 0.3) is 5.91 Å². The molecule has 236 valence electrons. The van der Waals surface area contributed by atoms with E-state index in [1.807, 2.05) is 67.6 Å². The standard InChI is InChI=1S/C38H33FN4O4/c1-23-18-32(46-22-24-6-5-16-41-21-24)30(36(44)43-38(14-15-38)33-7-3-4-17-42-33)20-28(23)26-10-13-31-29(19-26)34(37(45)40-2)35(47-31)25-8-11-27(39)12-9-25/h3-13,16-21,34-35H,14-15,22H2,1-2H3,(H,40,45)(H,43,44). The normalized spacial score (nSPS) is 17.3. The molecule has 1 aliphatic carbocycles. The van der Waals surface area contributed by atoms with Gasteiger partial charge in [-0.15, -0.1) is 0 Å². The predicted octanol–water partition coefficient (Wildman–Crippen LogP) is 6.55. The highest BCUT2D eigenvalue weighted by atomic mass is 19.1. The maximum Gasteiger partial charge on any atom is 0.255 e. The number of nitrogens with zero attached hydrogens (tertiary/aromatic N) is 2. The van der Waals surface area contributed by atoms with Crippen LogP contribution in [0.3, 0.4) is 0 Å². The lowest BCUT2D eigenvalue weighted by Gasteiger charge is -2.20. The van der Waals surface area contributed by atoms with Crippen LogP contribution in [-0.2, 0) is 16.9 Å². The van der Waals surface area contributed by atoms with Gasteiger partial charge in [0, 0.05) is 36.8 Å². The Balaban J connectivity index is 1.26. The van der Waals surface area contributed by atoms with Crippen molar-refractivity contribution in [2.75, 3.05) is 7.05 Å². The van der Waals surface area contributed by atoms with Crippen LogP contribution < -0.4 is 20.1 Å². The molecule has 2 amide bonds. The van der Waals surface area contributed by atoms with Gasteiger partial charge in [0.05, 0.1) is 16.8 Å². The number of aromatic nitrogens is 2. The summed E-state index contributed by atoms with van der Waals surface area (Å²) >= 11 is 0. The second kappa shape index (κ2) is 12.3. The Labute approximate surface area is 272 Å². The predicted molar refractivity (Wildman–Crippen MR) is 174 cm³/mol. The molecule has 2 aliphatic rings. The number of ether oxygens (including phenoxy) is 2. The summed E-state index contributed by atoms with van der Waals surface area (Å²) in [6.45, 7) is 2.21. The summed E-state index contributed by atoms with van der Waals surface area (Å²) in [5, 5.41) is 6.00. The molecule has 0 bridgehead atoms. The third-order valence-corrected chi connectivity index (χ3v) is 8.89. The number of benzene rings is 3. The summed E-state index contributed by atoms with van der Waals surface area (Å²) < 4.78 is 26.2. The van der Waals surface area contributed by atoms with Crippen molar-refractivity contribution < 1.29 is 23.5 Å². The Morgan fingerprint density at radius 2 is 1.83 bits per heavy atom. The van der Waals surface area contributed by atoms with Crippen molar-refractivity contribution in [2.24, 2.45) is 0 Å². The molecule has 7 rings (SSSR count). The molecule has 3 heterocycles. The van der Waals surface area contributed by atoms with E-state index in [0.29, 0.717) is 28.2 Å². The van der Waals surface area contributed by atoms with Crippen LogP contribution in [0.25, 0.3) is 11.1 Å². The maximum atomic E-state index is 14.1. The summed E-state index contributed by atoms with van der Waals surface area (Å²) in [6, 6.07) is 24.9. The van der Waals surface area contributed by atoms with Crippen LogP contribution in [0, 0.1) is 12.7 Å². The number of fused-ring (bicyclic) bond motifs is 1. The minimum Gasteiger partial charge on any atom is -0.488 e. The van der Waals surface area contributed by atoms with E-state index in [1.54, 1.807) is 37.8 Å². The number of likely N-dealkylation sites (N-methyl/N-ethyl adjacent to an activating group) is 1. The molecule has 1 fully saturated rings. The Kier molecular flexibility index (Phi) is 7.89. The number of aryl methyl sites for hydroxylation is 1. The molecule has 2 N–H and O–H groups in total. The number of carbonyl (C=O) groups excluding carboxylic acids is 2. The van der Waals surface area contributed by atoms with Crippen molar-refractivity contribution in [3.63, 3.8) is 0 Å². The van der Waals surface area contributed by atoms with Gasteiger partial charge in [-0.05, 0) is 96.6 Å². The molecule has 0 radical (unpaired) electrons. The molecule has 3 aromatic carbocycles. The van der Waals surface area contributed by atoms with E-state index in [-0.39, 0.29) is 24.2 Å². The monoisotopic (exact) mass is 628 g/mol. The smallest absolute Gasteiger partial charge is 0.255 e. The third-order valence-electron chi connectivity index (χ3n) is 8.89. The van der Waals surface area contributed by atoms with Gasteiger partial charge < -0.3 is 20.1 Å². The second-order valence-corrected chi connectivity index (χ2v) is 12.0. The molecule has 2 unspecified atom stereocenters. The molecular formula is C38H33FN4O4. The van der Waals surface area contributed by atoms with Crippen LogP contribution in [0.1, 0.15) is 63.2 Å². The molecule has 2 atom stereocenters. The summed E-state index contributed by atoms with van der Waals surface area (Å²) in [5.41, 5.74) is 5.50. The fourth-order valence-corrected chi connectivity index (χ4v) is 6.22. The molecular weight excluding hydrogens is 595 g/mol. The first kappa shape index (κ1) is 30.1. The summed E-state index contributed by atoms with van der Waals surface area (Å²) in [4.78, 5) is 36.0. The molecule has 1 aliphatic heterocycles. The van der Waals surface area contributed by atoms with Crippen LogP contribution >= 0.6 is 0 Å². The Morgan fingerprint density at radius 3 is 2.53 bits per heavy atom. The summed E-state index contributed by atoms with van der Waals surface area (Å²) in [7, 11) is 1.59. The average Bonchev–Trinajstić information content (AvgIpc) is 3.79. The Hall–Kier alpha value is -5.57. The van der Waals surface area contributed by atoms with Gasteiger partial charge >= 0.3 is 0 Å². The lowest BCUT2D eigenvalue weighted by atomic mass is 9.88. The highest BCUT2D eigenvalue weighted by Gasteiger charge is 2.47. The van der Waals surface area contributed by atoms with E-state index in [1.165, 1.54) is 12.1 Å². The minimum atomic E-state index is -0.654. The van der Waals surface area contributed by atoms with Crippen LogP contribution in [0.5, 0.6) is 11.5 Å². The molecule has 8 nitrogen and oxygen atoms in total. The topological polar surface area (TPSA) is 102 Å². The molecule has 0 spiro atoms. The minimum absolute atomic E-state index is 0.213. The van der Waals surface area contributed by atoms with E-state index in [9.17, 15) is 14.0 Å². The van der Waals surface area contributed by atoms with Crippen LogP contribution in [0.15, 0.2) is 104 Å². The number of rotatable bonds is 9. The van der Waals surface area contributed by atoms with E-state index in [0.717, 1.165) is 40.8 Å². The maximum absolute atomic E-state index is 14.1. The Bertz CT molecular complexity index is 1950. The first-order valence-electron chi connectivity index (χ1n) is 15.5. The molecule has 2 aromatic heterocycles. The van der Waals surface area contributed by atoms with E-state index in [2.05, 4.69) is 20.6 Å². The highest BCUT2D eigenvalue weighted by Crippen LogP contribution is 2.48. The van der Waals surface area contributed by atoms with Crippen molar-refractivity contribution in [3.8, 4) is 22.6 Å². The number of halogens is 1. The molecule has 9 heteroatoms. The first-order valence-corrected chi connectivity index (χ1v) is 15.5. The van der Waals surface area contributed by atoms with Crippen LogP contribution in [-0.4, -0.2) is 28.8 Å². The van der Waals surface area contributed by atoms with Gasteiger partial charge in [-0.3, -0.25) is 19.6 Å². The lowest BCUT2D eigenvalue weighted by molar-refractivity contribution is -0.123. The summed E-state index contributed by atoms with van der Waals surface area (Å²) in [6.07, 6.45) is 6.14. The molecule has 47 heavy (non-hydrogen) atoms. The summed E-state index contributed by atoms with van der Waals surface area (Å²) in [5.74, 6) is -0.462. The fraction of sp³-hybridized carbons (Fsp3) is 0.211. The van der Waals surface area contributed by atoms with Gasteiger partial charge in [-0.1, -0.05) is 30.3 Å². The van der Waals surface area contributed by atoms with Crippen molar-refractivity contribution in [1.29, 1.82) is 0 Å². The number of nitrogens with one attached hydrogen (secondary N) is 2. The van der Waals surface area contributed by atoms with E-state index >= 15 is 0 Å². The van der Waals surface area contributed by atoms with E-state index < -0.39 is 17.6 Å². The van der Waals surface area contributed by atoms with E-state index in [4.69, 9.17) is 9.47 Å². The Morgan fingerprint density at radius 1 is 1.00 bits per heavy atom. The van der Waals surface area contributed by atoms with Gasteiger partial charge in [-0.25, -0.2) is 4.39 Å². The largest absolute Gasteiger partial charge is 0.488 e. The zero-order chi connectivity index (χ0) is 32.5. The van der Waals surface area contributed by atoms with Crippen LogP contribution in [0.2, 0.25) is 0 Å². The molecule has 1 saturated carbocycles. The van der Waals surface area contributed by atoms with Crippen LogP contribution in [0.4, 0.5) is 4.39 Å². The van der Waals surface area contributed by atoms with Gasteiger partial charge in [0.2, 0.25) is 5.91 Å². The molecule has 5 aromatic rings. The van der Waals surface area contributed by atoms with Gasteiger partial charge in [0.1, 0.15) is 35.9 Å². The highest BCUT2D eigenvalue weighted by molar-refractivity contribution is 5.99.